The van der Waals surface area contributed by atoms with Crippen LogP contribution < -0.4 is 0 Å². The van der Waals surface area contributed by atoms with Crippen molar-refractivity contribution in [2.75, 3.05) is 6.61 Å². The van der Waals surface area contributed by atoms with Gasteiger partial charge in [0, 0.05) is 23.9 Å². The van der Waals surface area contributed by atoms with Crippen LogP contribution in [0.15, 0.2) is 29.0 Å². The smallest absolute Gasteiger partial charge is 0.308 e. The third-order valence-electron chi connectivity index (χ3n) is 4.35. The molecule has 24 heavy (non-hydrogen) atoms. The van der Waals surface area contributed by atoms with Crippen LogP contribution >= 0.6 is 0 Å². The molecule has 2 aromatic rings. The molecule has 0 spiro atoms. The summed E-state index contributed by atoms with van der Waals surface area (Å²) in [6.07, 6.45) is 6.79. The molecule has 0 radical (unpaired) electrons. The van der Waals surface area contributed by atoms with E-state index in [1.165, 1.54) is 0 Å². The van der Waals surface area contributed by atoms with Gasteiger partial charge >= 0.3 is 5.97 Å². The van der Waals surface area contributed by atoms with Crippen LogP contribution in [0, 0.1) is 11.8 Å². The van der Waals surface area contributed by atoms with Crippen molar-refractivity contribution in [3.63, 3.8) is 0 Å². The van der Waals surface area contributed by atoms with Crippen molar-refractivity contribution in [3.05, 3.63) is 30.4 Å². The second kappa shape index (κ2) is 7.55. The molecule has 1 aliphatic rings. The fourth-order valence-electron chi connectivity index (χ4n) is 2.96. The molecule has 6 nitrogen and oxygen atoms in total. The fourth-order valence-corrected chi connectivity index (χ4v) is 2.96. The van der Waals surface area contributed by atoms with Crippen LogP contribution in [-0.2, 0) is 9.53 Å². The van der Waals surface area contributed by atoms with Crippen LogP contribution in [0.1, 0.15) is 51.3 Å². The topological polar surface area (TPSA) is 78.1 Å². The zero-order valence-electron chi connectivity index (χ0n) is 14.1. The lowest BCUT2D eigenvalue weighted by Crippen LogP contribution is -2.24. The molecule has 128 valence electrons. The third kappa shape index (κ3) is 3.99. The fraction of sp³-hybridized carbons (Fsp3) is 0.556. The van der Waals surface area contributed by atoms with Crippen molar-refractivity contribution in [3.8, 4) is 11.4 Å². The second-order valence-electron chi connectivity index (χ2n) is 6.76. The molecule has 0 saturated heterocycles. The van der Waals surface area contributed by atoms with Crippen molar-refractivity contribution >= 4 is 5.97 Å². The van der Waals surface area contributed by atoms with Gasteiger partial charge in [0.25, 0.3) is 0 Å². The molecule has 6 heteroatoms. The van der Waals surface area contributed by atoms with Gasteiger partial charge in [0.05, 0.1) is 12.5 Å². The Morgan fingerprint density at radius 1 is 1.25 bits per heavy atom. The van der Waals surface area contributed by atoms with E-state index in [-0.39, 0.29) is 17.8 Å². The first-order chi connectivity index (χ1) is 11.6. The van der Waals surface area contributed by atoms with Gasteiger partial charge in [0.1, 0.15) is 0 Å². The standard InChI is InChI=1S/C18H23N3O3/c1-12(2)11-23-18(22)15-5-3-14(4-6-15)17-20-16(21-24-17)13-7-9-19-10-8-13/h7-10,12,14-15H,3-6,11H2,1-2H3/t14-,15-. The van der Waals surface area contributed by atoms with Crippen molar-refractivity contribution in [1.82, 2.24) is 15.1 Å². The Bertz CT molecular complexity index is 661. The number of hydrogen-bond acceptors (Lipinski definition) is 6. The van der Waals surface area contributed by atoms with Crippen molar-refractivity contribution in [2.45, 2.75) is 45.4 Å². The highest BCUT2D eigenvalue weighted by Crippen LogP contribution is 2.36. The van der Waals surface area contributed by atoms with E-state index in [0.29, 0.717) is 24.2 Å². The minimum absolute atomic E-state index is 0.00240. The molecule has 3 rings (SSSR count). The van der Waals surface area contributed by atoms with Gasteiger partial charge in [-0.2, -0.15) is 4.98 Å². The Morgan fingerprint density at radius 3 is 2.62 bits per heavy atom. The van der Waals surface area contributed by atoms with Crippen LogP contribution in [0.3, 0.4) is 0 Å². The number of carbonyl (C=O) groups is 1. The predicted octanol–water partition coefficient (Wildman–Crippen LogP) is 3.60. The quantitative estimate of drug-likeness (QED) is 0.780. The number of aromatic nitrogens is 3. The molecule has 1 aliphatic carbocycles. The number of hydrogen-bond donors (Lipinski definition) is 0. The minimum Gasteiger partial charge on any atom is -0.465 e. The molecular weight excluding hydrogens is 306 g/mol. The zero-order chi connectivity index (χ0) is 16.9. The van der Waals surface area contributed by atoms with Crippen LogP contribution in [0.25, 0.3) is 11.4 Å². The summed E-state index contributed by atoms with van der Waals surface area (Å²) in [5.41, 5.74) is 0.894. The number of pyridine rings is 1. The molecule has 0 bridgehead atoms. The summed E-state index contributed by atoms with van der Waals surface area (Å²) < 4.78 is 10.8. The average molecular weight is 329 g/mol. The summed E-state index contributed by atoms with van der Waals surface area (Å²) in [4.78, 5) is 20.6. The molecular formula is C18H23N3O3. The van der Waals surface area contributed by atoms with E-state index in [2.05, 4.69) is 15.1 Å². The highest BCUT2D eigenvalue weighted by molar-refractivity contribution is 5.72. The van der Waals surface area contributed by atoms with Gasteiger partial charge in [-0.15, -0.1) is 0 Å². The second-order valence-corrected chi connectivity index (χ2v) is 6.76. The number of nitrogens with zero attached hydrogens (tertiary/aromatic N) is 3. The summed E-state index contributed by atoms with van der Waals surface area (Å²) in [7, 11) is 0. The Labute approximate surface area is 141 Å². The van der Waals surface area contributed by atoms with Crippen LogP contribution in [0.2, 0.25) is 0 Å². The van der Waals surface area contributed by atoms with Crippen LogP contribution in [-0.4, -0.2) is 27.7 Å². The third-order valence-corrected chi connectivity index (χ3v) is 4.35. The summed E-state index contributed by atoms with van der Waals surface area (Å²) in [5, 5.41) is 4.06. The molecule has 0 aromatic carbocycles. The number of ether oxygens (including phenoxy) is 1. The lowest BCUT2D eigenvalue weighted by atomic mass is 9.82. The first-order valence-corrected chi connectivity index (χ1v) is 8.54. The lowest BCUT2D eigenvalue weighted by Gasteiger charge is -2.25. The van der Waals surface area contributed by atoms with Crippen molar-refractivity contribution in [1.29, 1.82) is 0 Å². The van der Waals surface area contributed by atoms with E-state index in [1.807, 2.05) is 26.0 Å². The maximum absolute atomic E-state index is 12.1. The first-order valence-electron chi connectivity index (χ1n) is 8.54. The van der Waals surface area contributed by atoms with Gasteiger partial charge in [-0.1, -0.05) is 19.0 Å². The van der Waals surface area contributed by atoms with Crippen LogP contribution in [0.4, 0.5) is 0 Å². The van der Waals surface area contributed by atoms with Gasteiger partial charge in [-0.3, -0.25) is 9.78 Å². The monoisotopic (exact) mass is 329 g/mol. The largest absolute Gasteiger partial charge is 0.465 e. The number of carbonyl (C=O) groups excluding carboxylic acids is 1. The molecule has 0 aliphatic heterocycles. The Kier molecular flexibility index (Phi) is 5.23. The van der Waals surface area contributed by atoms with E-state index < -0.39 is 0 Å². The molecule has 1 saturated carbocycles. The molecule has 0 amide bonds. The molecule has 2 aromatic heterocycles. The summed E-state index contributed by atoms with van der Waals surface area (Å²) >= 11 is 0. The van der Waals surface area contributed by atoms with Gasteiger partial charge in [0.15, 0.2) is 0 Å². The molecule has 0 atom stereocenters. The van der Waals surface area contributed by atoms with E-state index in [4.69, 9.17) is 9.26 Å². The van der Waals surface area contributed by atoms with Gasteiger partial charge in [-0.25, -0.2) is 0 Å². The highest BCUT2D eigenvalue weighted by atomic mass is 16.5. The van der Waals surface area contributed by atoms with Crippen molar-refractivity contribution < 1.29 is 14.1 Å². The van der Waals surface area contributed by atoms with Crippen LogP contribution in [0.5, 0.6) is 0 Å². The number of esters is 1. The average Bonchev–Trinajstić information content (AvgIpc) is 3.10. The van der Waals surface area contributed by atoms with Gasteiger partial charge in [-0.05, 0) is 43.7 Å². The van der Waals surface area contributed by atoms with E-state index >= 15 is 0 Å². The normalized spacial score (nSPS) is 21.0. The molecule has 1 fully saturated rings. The van der Waals surface area contributed by atoms with E-state index in [0.717, 1.165) is 31.2 Å². The highest BCUT2D eigenvalue weighted by Gasteiger charge is 2.31. The van der Waals surface area contributed by atoms with Gasteiger partial charge in [0.2, 0.25) is 11.7 Å². The van der Waals surface area contributed by atoms with Gasteiger partial charge < -0.3 is 9.26 Å². The number of rotatable bonds is 5. The van der Waals surface area contributed by atoms with E-state index in [9.17, 15) is 4.79 Å². The first kappa shape index (κ1) is 16.6. The maximum Gasteiger partial charge on any atom is 0.308 e. The summed E-state index contributed by atoms with van der Waals surface area (Å²) in [5.74, 6) is 1.78. The Balaban J connectivity index is 1.55. The van der Waals surface area contributed by atoms with E-state index in [1.54, 1.807) is 12.4 Å². The lowest BCUT2D eigenvalue weighted by molar-refractivity contribution is -0.150. The maximum atomic E-state index is 12.1. The van der Waals surface area contributed by atoms with Crippen molar-refractivity contribution in [2.24, 2.45) is 11.8 Å². The predicted molar refractivity (Wildman–Crippen MR) is 88.0 cm³/mol. The molecule has 0 unspecified atom stereocenters. The zero-order valence-corrected chi connectivity index (χ0v) is 14.1. The summed E-state index contributed by atoms with van der Waals surface area (Å²) in [6, 6.07) is 3.71. The summed E-state index contributed by atoms with van der Waals surface area (Å²) in [6.45, 7) is 4.58. The Morgan fingerprint density at radius 2 is 1.96 bits per heavy atom. The minimum atomic E-state index is -0.0647. The SMILES string of the molecule is CC(C)COC(=O)[C@H]1CC[C@H](c2nc(-c3ccncc3)no2)CC1. The molecule has 2 heterocycles. The Hall–Kier alpha value is -2.24. The molecule has 0 N–H and O–H groups in total.